The lowest BCUT2D eigenvalue weighted by atomic mass is 10.1. The van der Waals surface area contributed by atoms with Crippen molar-refractivity contribution in [1.29, 1.82) is 0 Å². The molecule has 0 atom stereocenters. The molecule has 0 radical (unpaired) electrons. The predicted molar refractivity (Wildman–Crippen MR) is 128 cm³/mol. The normalized spacial score (nSPS) is 13.9. The molecule has 1 fully saturated rings. The number of hydrogen-bond acceptors (Lipinski definition) is 3. The number of rotatable bonds is 6. The Morgan fingerprint density at radius 1 is 0.938 bits per heavy atom. The molecule has 1 saturated heterocycles. The van der Waals surface area contributed by atoms with Crippen LogP contribution in [-0.4, -0.2) is 57.6 Å². The van der Waals surface area contributed by atoms with Gasteiger partial charge in [0.05, 0.1) is 23.1 Å². The molecule has 3 aromatic rings. The van der Waals surface area contributed by atoms with Crippen LogP contribution in [0.5, 0.6) is 0 Å². The van der Waals surface area contributed by atoms with Gasteiger partial charge in [0.25, 0.3) is 5.91 Å². The summed E-state index contributed by atoms with van der Waals surface area (Å²) >= 11 is 3.44. The van der Waals surface area contributed by atoms with Crippen LogP contribution in [0, 0.1) is 6.92 Å². The monoisotopic (exact) mass is 494 g/mol. The van der Waals surface area contributed by atoms with E-state index in [2.05, 4.69) is 33.2 Å². The zero-order valence-corrected chi connectivity index (χ0v) is 19.8. The number of hydrogen-bond donors (Lipinski definition) is 0. The number of carbonyl (C=O) groups is 2. The largest absolute Gasteiger partial charge is 0.339 e. The lowest BCUT2D eigenvalue weighted by molar-refractivity contribution is -0.132. The van der Waals surface area contributed by atoms with Gasteiger partial charge in [-0.05, 0) is 49.6 Å². The Hall–Kier alpha value is -2.93. The van der Waals surface area contributed by atoms with Gasteiger partial charge >= 0.3 is 0 Å². The molecule has 0 spiro atoms. The van der Waals surface area contributed by atoms with Gasteiger partial charge in [0, 0.05) is 37.1 Å². The van der Waals surface area contributed by atoms with Gasteiger partial charge in [-0.15, -0.1) is 0 Å². The van der Waals surface area contributed by atoms with E-state index in [4.69, 9.17) is 0 Å². The van der Waals surface area contributed by atoms with Crippen molar-refractivity contribution in [3.63, 3.8) is 0 Å². The second-order valence-corrected chi connectivity index (χ2v) is 8.96. The van der Waals surface area contributed by atoms with E-state index in [1.807, 2.05) is 59.2 Å². The lowest BCUT2D eigenvalue weighted by Crippen LogP contribution is -2.50. The van der Waals surface area contributed by atoms with Crippen molar-refractivity contribution in [2.75, 3.05) is 26.2 Å². The quantitative estimate of drug-likeness (QED) is 0.514. The first-order chi connectivity index (χ1) is 15.5. The van der Waals surface area contributed by atoms with E-state index < -0.39 is 0 Å². The van der Waals surface area contributed by atoms with Crippen LogP contribution in [0.1, 0.15) is 34.5 Å². The minimum absolute atomic E-state index is 0.0259. The fourth-order valence-electron chi connectivity index (χ4n) is 4.04. The summed E-state index contributed by atoms with van der Waals surface area (Å²) in [7, 11) is 0. The van der Waals surface area contributed by atoms with E-state index in [0.29, 0.717) is 38.2 Å². The molecular formula is C25H27BrN4O2. The van der Waals surface area contributed by atoms with Crippen molar-refractivity contribution >= 4 is 27.7 Å². The Morgan fingerprint density at radius 2 is 1.59 bits per heavy atom. The van der Waals surface area contributed by atoms with Gasteiger partial charge in [-0.1, -0.05) is 46.3 Å². The molecule has 32 heavy (non-hydrogen) atoms. The third-order valence-electron chi connectivity index (χ3n) is 5.93. The molecule has 166 valence electrons. The lowest BCUT2D eigenvalue weighted by Gasteiger charge is -2.34. The van der Waals surface area contributed by atoms with Crippen molar-refractivity contribution < 1.29 is 9.59 Å². The predicted octanol–water partition coefficient (Wildman–Crippen LogP) is 4.25. The zero-order valence-electron chi connectivity index (χ0n) is 18.2. The first-order valence-electron chi connectivity index (χ1n) is 10.9. The Labute approximate surface area is 197 Å². The smallest absolute Gasteiger partial charge is 0.257 e. The highest BCUT2D eigenvalue weighted by Gasteiger charge is 2.26. The van der Waals surface area contributed by atoms with E-state index in [1.54, 1.807) is 10.9 Å². The number of halogens is 1. The minimum atomic E-state index is -0.0259. The molecule has 4 rings (SSSR count). The average molecular weight is 495 g/mol. The van der Waals surface area contributed by atoms with Gasteiger partial charge in [0.2, 0.25) is 5.91 Å². The summed E-state index contributed by atoms with van der Waals surface area (Å²) in [6, 6.07) is 18.1. The molecule has 0 saturated carbocycles. The Balaban J connectivity index is 1.30. The van der Waals surface area contributed by atoms with E-state index in [0.717, 1.165) is 28.7 Å². The molecule has 0 aliphatic carbocycles. The van der Waals surface area contributed by atoms with Crippen molar-refractivity contribution in [3.8, 4) is 5.69 Å². The van der Waals surface area contributed by atoms with Crippen LogP contribution in [0.3, 0.4) is 0 Å². The van der Waals surface area contributed by atoms with Gasteiger partial charge in [0.1, 0.15) is 0 Å². The van der Waals surface area contributed by atoms with Gasteiger partial charge < -0.3 is 9.80 Å². The third kappa shape index (κ3) is 5.10. The molecule has 2 heterocycles. The van der Waals surface area contributed by atoms with E-state index in [9.17, 15) is 9.59 Å². The average Bonchev–Trinajstić information content (AvgIpc) is 3.21. The third-order valence-corrected chi connectivity index (χ3v) is 6.46. The summed E-state index contributed by atoms with van der Waals surface area (Å²) in [5.41, 5.74) is 3.60. The summed E-state index contributed by atoms with van der Waals surface area (Å²) < 4.78 is 2.78. The van der Waals surface area contributed by atoms with Crippen molar-refractivity contribution in [1.82, 2.24) is 19.6 Å². The summed E-state index contributed by atoms with van der Waals surface area (Å²) in [6.45, 7) is 4.17. The molecule has 6 nitrogen and oxygen atoms in total. The molecule has 2 amide bonds. The van der Waals surface area contributed by atoms with Crippen LogP contribution in [0.4, 0.5) is 0 Å². The second-order valence-electron chi connectivity index (χ2n) is 8.04. The maximum absolute atomic E-state index is 13.1. The van der Waals surface area contributed by atoms with Gasteiger partial charge in [-0.3, -0.25) is 9.59 Å². The topological polar surface area (TPSA) is 58.4 Å². The van der Waals surface area contributed by atoms with Gasteiger partial charge in [-0.2, -0.15) is 5.10 Å². The highest BCUT2D eigenvalue weighted by atomic mass is 79.9. The number of amides is 2. The number of aromatic nitrogens is 2. The van der Waals surface area contributed by atoms with Gasteiger partial charge in [0.15, 0.2) is 0 Å². The van der Waals surface area contributed by atoms with Crippen LogP contribution in [-0.2, 0) is 11.2 Å². The standard InChI is InChI=1S/C25H27BrN4O2/c1-19-23(18-27-30(19)22-12-10-21(26)11-13-22)25(32)29-16-14-28(15-17-29)24(31)9-5-8-20-6-3-2-4-7-20/h2-4,6-7,10-13,18H,5,8-9,14-17H2,1H3. The fraction of sp³-hybridized carbons (Fsp3) is 0.320. The Bertz CT molecular complexity index is 1070. The first-order valence-corrected chi connectivity index (χ1v) is 11.7. The van der Waals surface area contributed by atoms with Crippen molar-refractivity contribution in [3.05, 3.63) is 82.1 Å². The summed E-state index contributed by atoms with van der Waals surface area (Å²) in [5.74, 6) is 0.148. The van der Waals surface area contributed by atoms with E-state index >= 15 is 0 Å². The Morgan fingerprint density at radius 3 is 2.28 bits per heavy atom. The van der Waals surface area contributed by atoms with Crippen LogP contribution in [0.2, 0.25) is 0 Å². The first kappa shape index (κ1) is 22.3. The second kappa shape index (κ2) is 10.1. The van der Waals surface area contributed by atoms with Crippen LogP contribution in [0.25, 0.3) is 5.69 Å². The summed E-state index contributed by atoms with van der Waals surface area (Å²) in [4.78, 5) is 29.4. The number of carbonyl (C=O) groups excluding carboxylic acids is 2. The molecule has 1 aliphatic heterocycles. The molecule has 2 aromatic carbocycles. The maximum atomic E-state index is 13.1. The summed E-state index contributed by atoms with van der Waals surface area (Å²) in [5, 5.41) is 4.42. The summed E-state index contributed by atoms with van der Waals surface area (Å²) in [6.07, 6.45) is 3.94. The number of piperazine rings is 1. The van der Waals surface area contributed by atoms with Crippen molar-refractivity contribution in [2.45, 2.75) is 26.2 Å². The van der Waals surface area contributed by atoms with Gasteiger partial charge in [-0.25, -0.2) is 4.68 Å². The molecular weight excluding hydrogens is 468 g/mol. The fourth-order valence-corrected chi connectivity index (χ4v) is 4.30. The van der Waals surface area contributed by atoms with E-state index in [1.165, 1.54) is 5.56 Å². The maximum Gasteiger partial charge on any atom is 0.257 e. The molecule has 7 heteroatoms. The van der Waals surface area contributed by atoms with Crippen molar-refractivity contribution in [2.24, 2.45) is 0 Å². The zero-order chi connectivity index (χ0) is 22.5. The minimum Gasteiger partial charge on any atom is -0.339 e. The number of benzene rings is 2. The molecule has 0 unspecified atom stereocenters. The highest BCUT2D eigenvalue weighted by molar-refractivity contribution is 9.10. The highest BCUT2D eigenvalue weighted by Crippen LogP contribution is 2.19. The molecule has 0 bridgehead atoms. The van der Waals surface area contributed by atoms with Crippen LogP contribution in [0.15, 0.2) is 65.3 Å². The van der Waals surface area contributed by atoms with Crippen LogP contribution < -0.4 is 0 Å². The van der Waals surface area contributed by atoms with E-state index in [-0.39, 0.29) is 11.8 Å². The number of aryl methyl sites for hydroxylation is 1. The molecule has 1 aromatic heterocycles. The molecule has 1 aliphatic rings. The van der Waals surface area contributed by atoms with Crippen LogP contribution >= 0.6 is 15.9 Å². The number of nitrogens with zero attached hydrogens (tertiary/aromatic N) is 4. The molecule has 0 N–H and O–H groups in total. The Kier molecular flexibility index (Phi) is 7.05. The SMILES string of the molecule is Cc1c(C(=O)N2CCN(C(=O)CCCc3ccccc3)CC2)cnn1-c1ccc(Br)cc1.